The predicted octanol–water partition coefficient (Wildman–Crippen LogP) is 6.13. The molecule has 3 nitrogen and oxygen atoms in total. The van der Waals surface area contributed by atoms with Crippen LogP contribution >= 0.6 is 23.8 Å². The van der Waals surface area contributed by atoms with Crippen LogP contribution in [0.4, 0.5) is 0 Å². The SMILES string of the molecule is S=C(Oc1ccccc1)N1CCc2c([nH]c3ccc(Cl)cc23)C1c1ccccc1. The first-order valence-electron chi connectivity index (χ1n) is 9.59. The van der Waals surface area contributed by atoms with E-state index in [1.807, 2.05) is 54.6 Å². The van der Waals surface area contributed by atoms with Gasteiger partial charge in [-0.1, -0.05) is 60.1 Å². The maximum Gasteiger partial charge on any atom is 0.265 e. The van der Waals surface area contributed by atoms with Gasteiger partial charge in [-0.05, 0) is 60.1 Å². The zero-order valence-corrected chi connectivity index (χ0v) is 17.2. The van der Waals surface area contributed by atoms with Crippen molar-refractivity contribution in [2.45, 2.75) is 12.5 Å². The molecule has 0 aliphatic carbocycles. The first-order valence-corrected chi connectivity index (χ1v) is 10.4. The number of aromatic nitrogens is 1. The number of hydrogen-bond donors (Lipinski definition) is 1. The van der Waals surface area contributed by atoms with E-state index in [2.05, 4.69) is 34.1 Å². The van der Waals surface area contributed by atoms with Crippen molar-refractivity contribution in [1.29, 1.82) is 0 Å². The summed E-state index contributed by atoms with van der Waals surface area (Å²) in [5, 5.41) is 2.41. The zero-order chi connectivity index (χ0) is 19.8. The molecule has 5 heteroatoms. The standard InChI is InChI=1S/C24H19ClN2OS/c25-17-11-12-21-20(15-17)19-13-14-27(24(29)28-18-9-5-2-6-10-18)23(22(19)26-21)16-7-3-1-4-8-16/h1-12,15,23,26H,13-14H2. The van der Waals surface area contributed by atoms with Crippen LogP contribution in [0.1, 0.15) is 22.9 Å². The summed E-state index contributed by atoms with van der Waals surface area (Å²) in [6, 6.07) is 26.1. The number of fused-ring (bicyclic) bond motifs is 3. The van der Waals surface area contributed by atoms with Crippen LogP contribution in [0.5, 0.6) is 5.75 Å². The third-order valence-corrected chi connectivity index (χ3v) is 5.94. The summed E-state index contributed by atoms with van der Waals surface area (Å²) in [6.45, 7) is 0.775. The molecule has 0 radical (unpaired) electrons. The number of benzene rings is 3. The Morgan fingerprint density at radius 3 is 2.48 bits per heavy atom. The van der Waals surface area contributed by atoms with Crippen molar-refractivity contribution < 1.29 is 4.74 Å². The molecule has 4 aromatic rings. The van der Waals surface area contributed by atoms with Crippen LogP contribution in [0.15, 0.2) is 78.9 Å². The molecule has 0 saturated heterocycles. The number of halogens is 1. The molecule has 144 valence electrons. The number of ether oxygens (including phenoxy) is 1. The highest BCUT2D eigenvalue weighted by molar-refractivity contribution is 7.80. The molecule has 1 atom stereocenters. The van der Waals surface area contributed by atoms with E-state index in [1.54, 1.807) is 0 Å². The lowest BCUT2D eigenvalue weighted by Gasteiger charge is -2.37. The van der Waals surface area contributed by atoms with Gasteiger partial charge in [0.25, 0.3) is 5.17 Å². The van der Waals surface area contributed by atoms with Gasteiger partial charge in [-0.15, -0.1) is 0 Å². The Kier molecular flexibility index (Phi) is 4.74. The molecule has 1 aliphatic heterocycles. The molecule has 1 aliphatic rings. The van der Waals surface area contributed by atoms with Crippen LogP contribution < -0.4 is 4.74 Å². The molecule has 0 spiro atoms. The summed E-state index contributed by atoms with van der Waals surface area (Å²) in [6.07, 6.45) is 0.872. The second kappa shape index (κ2) is 7.54. The van der Waals surface area contributed by atoms with E-state index in [0.29, 0.717) is 5.17 Å². The smallest absolute Gasteiger partial charge is 0.265 e. The summed E-state index contributed by atoms with van der Waals surface area (Å²) in [7, 11) is 0. The molecule has 0 amide bonds. The van der Waals surface area contributed by atoms with E-state index in [9.17, 15) is 0 Å². The molecule has 1 N–H and O–H groups in total. The summed E-state index contributed by atoms with van der Waals surface area (Å²) in [5.41, 5.74) is 4.72. The predicted molar refractivity (Wildman–Crippen MR) is 122 cm³/mol. The van der Waals surface area contributed by atoms with Gasteiger partial charge in [-0.3, -0.25) is 0 Å². The number of hydrogen-bond acceptors (Lipinski definition) is 2. The van der Waals surface area contributed by atoms with Gasteiger partial charge in [0.05, 0.1) is 6.04 Å². The largest absolute Gasteiger partial charge is 0.432 e. The monoisotopic (exact) mass is 418 g/mol. The van der Waals surface area contributed by atoms with E-state index in [-0.39, 0.29) is 6.04 Å². The molecule has 0 saturated carbocycles. The summed E-state index contributed by atoms with van der Waals surface area (Å²) >= 11 is 12.0. The topological polar surface area (TPSA) is 28.3 Å². The van der Waals surface area contributed by atoms with E-state index in [4.69, 9.17) is 28.6 Å². The summed E-state index contributed by atoms with van der Waals surface area (Å²) < 4.78 is 6.04. The minimum Gasteiger partial charge on any atom is -0.432 e. The lowest BCUT2D eigenvalue weighted by molar-refractivity contribution is 0.289. The molecule has 1 unspecified atom stereocenters. The van der Waals surface area contributed by atoms with Crippen LogP contribution in [-0.4, -0.2) is 21.6 Å². The number of nitrogens with zero attached hydrogens (tertiary/aromatic N) is 1. The van der Waals surface area contributed by atoms with E-state index in [0.717, 1.165) is 34.9 Å². The number of rotatable bonds is 2. The second-order valence-electron chi connectivity index (χ2n) is 7.14. The molecule has 3 aromatic carbocycles. The molecule has 29 heavy (non-hydrogen) atoms. The van der Waals surface area contributed by atoms with Crippen molar-refractivity contribution in [3.05, 3.63) is 101 Å². The number of H-pyrrole nitrogens is 1. The van der Waals surface area contributed by atoms with Crippen LogP contribution in [-0.2, 0) is 6.42 Å². The van der Waals surface area contributed by atoms with Gasteiger partial charge in [0.15, 0.2) is 0 Å². The fraction of sp³-hybridized carbons (Fsp3) is 0.125. The zero-order valence-electron chi connectivity index (χ0n) is 15.6. The minimum atomic E-state index is -0.0395. The van der Waals surface area contributed by atoms with E-state index in [1.165, 1.54) is 16.5 Å². The Hall–Kier alpha value is -2.82. The third kappa shape index (κ3) is 3.39. The number of thiocarbonyl (C=S) groups is 1. The molecular weight excluding hydrogens is 400 g/mol. The maximum atomic E-state index is 6.28. The Labute approximate surface area is 179 Å². The maximum absolute atomic E-state index is 6.28. The Balaban J connectivity index is 1.59. The highest BCUT2D eigenvalue weighted by Gasteiger charge is 2.34. The van der Waals surface area contributed by atoms with Crippen molar-refractivity contribution >= 4 is 39.9 Å². The van der Waals surface area contributed by atoms with Gasteiger partial charge in [0, 0.05) is 28.2 Å². The molecule has 0 bridgehead atoms. The van der Waals surface area contributed by atoms with Gasteiger partial charge in [0.2, 0.25) is 0 Å². The van der Waals surface area contributed by atoms with Crippen LogP contribution in [0.25, 0.3) is 10.9 Å². The lowest BCUT2D eigenvalue weighted by Crippen LogP contribution is -2.42. The lowest BCUT2D eigenvalue weighted by atomic mass is 9.93. The normalized spacial score (nSPS) is 15.9. The van der Waals surface area contributed by atoms with Gasteiger partial charge in [-0.25, -0.2) is 0 Å². The van der Waals surface area contributed by atoms with Crippen molar-refractivity contribution in [3.63, 3.8) is 0 Å². The average molecular weight is 419 g/mol. The quantitative estimate of drug-likeness (QED) is 0.397. The second-order valence-corrected chi connectivity index (χ2v) is 7.93. The number of para-hydroxylation sites is 1. The first-order chi connectivity index (χ1) is 14.2. The Morgan fingerprint density at radius 1 is 1.00 bits per heavy atom. The summed E-state index contributed by atoms with van der Waals surface area (Å²) in [4.78, 5) is 5.79. The minimum absolute atomic E-state index is 0.0395. The van der Waals surface area contributed by atoms with Gasteiger partial charge in [-0.2, -0.15) is 0 Å². The van der Waals surface area contributed by atoms with Crippen molar-refractivity contribution in [3.8, 4) is 5.75 Å². The fourth-order valence-electron chi connectivity index (χ4n) is 4.09. The van der Waals surface area contributed by atoms with Gasteiger partial charge < -0.3 is 14.6 Å². The first kappa shape index (κ1) is 18.2. The van der Waals surface area contributed by atoms with Crippen molar-refractivity contribution in [1.82, 2.24) is 9.88 Å². The van der Waals surface area contributed by atoms with Crippen molar-refractivity contribution in [2.75, 3.05) is 6.54 Å². The van der Waals surface area contributed by atoms with Gasteiger partial charge in [0.1, 0.15) is 5.75 Å². The number of nitrogens with one attached hydrogen (secondary N) is 1. The Morgan fingerprint density at radius 2 is 1.72 bits per heavy atom. The summed E-state index contributed by atoms with van der Waals surface area (Å²) in [5.74, 6) is 0.749. The third-order valence-electron chi connectivity index (χ3n) is 5.39. The molecule has 2 heterocycles. The van der Waals surface area contributed by atoms with E-state index >= 15 is 0 Å². The Bertz CT molecular complexity index is 1170. The van der Waals surface area contributed by atoms with Crippen LogP contribution in [0.3, 0.4) is 0 Å². The van der Waals surface area contributed by atoms with E-state index < -0.39 is 0 Å². The molecule has 5 rings (SSSR count). The van der Waals surface area contributed by atoms with Crippen LogP contribution in [0, 0.1) is 0 Å². The molecular formula is C24H19ClN2OS. The highest BCUT2D eigenvalue weighted by Crippen LogP contribution is 2.39. The van der Waals surface area contributed by atoms with Crippen molar-refractivity contribution in [2.24, 2.45) is 0 Å². The van der Waals surface area contributed by atoms with Gasteiger partial charge >= 0.3 is 0 Å². The number of aromatic amines is 1. The molecule has 1 aromatic heterocycles. The molecule has 0 fully saturated rings. The average Bonchev–Trinajstić information content (AvgIpc) is 3.12. The van der Waals surface area contributed by atoms with Crippen LogP contribution in [0.2, 0.25) is 5.02 Å². The fourth-order valence-corrected chi connectivity index (χ4v) is 4.55. The highest BCUT2D eigenvalue weighted by atomic mass is 35.5.